The highest BCUT2D eigenvalue weighted by molar-refractivity contribution is 5.76. The third kappa shape index (κ3) is 14.4. The van der Waals surface area contributed by atoms with Crippen molar-refractivity contribution in [2.75, 3.05) is 12.4 Å². The summed E-state index contributed by atoms with van der Waals surface area (Å²) in [7, 11) is 1.60. The number of methoxy groups -OCH3 is 1. The molecule has 4 heterocycles. The van der Waals surface area contributed by atoms with E-state index in [0.717, 1.165) is 41.3 Å². The van der Waals surface area contributed by atoms with Crippen LogP contribution in [0.2, 0.25) is 0 Å². The molecule has 0 aliphatic rings. The van der Waals surface area contributed by atoms with Crippen LogP contribution < -0.4 is 10.1 Å². The molecule has 4 aromatic rings. The Morgan fingerprint density at radius 2 is 1.60 bits per heavy atom. The second kappa shape index (κ2) is 23.8. The number of aryl methyl sites for hydroxylation is 2. The van der Waals surface area contributed by atoms with E-state index in [2.05, 4.69) is 69.1 Å². The van der Waals surface area contributed by atoms with Crippen molar-refractivity contribution in [3.8, 4) is 17.4 Å². The summed E-state index contributed by atoms with van der Waals surface area (Å²) in [6, 6.07) is 9.69. The molecule has 0 aliphatic carbocycles. The normalized spacial score (nSPS) is 10.9. The third-order valence-corrected chi connectivity index (χ3v) is 7.52. The minimum absolute atomic E-state index is 0.531. The largest absolute Gasteiger partial charge is 0.481 e. The zero-order valence-corrected chi connectivity index (χ0v) is 30.1. The first-order valence-corrected chi connectivity index (χ1v) is 17.5. The summed E-state index contributed by atoms with van der Waals surface area (Å²) in [5, 5.41) is 8.19. The highest BCUT2D eigenvalue weighted by atomic mass is 16.5. The average molecular weight is 619 g/mol. The summed E-state index contributed by atoms with van der Waals surface area (Å²) in [5.41, 5.74) is 4.85. The minimum Gasteiger partial charge on any atom is -0.481 e. The van der Waals surface area contributed by atoms with Gasteiger partial charge in [-0.15, -0.1) is 5.10 Å². The molecule has 7 heteroatoms. The highest BCUT2D eigenvalue weighted by Gasteiger charge is 2.14. The predicted molar refractivity (Wildman–Crippen MR) is 194 cm³/mol. The summed E-state index contributed by atoms with van der Waals surface area (Å²) >= 11 is 0. The third-order valence-electron chi connectivity index (χ3n) is 7.52. The minimum atomic E-state index is 0.531. The van der Waals surface area contributed by atoms with Gasteiger partial charge in [-0.3, -0.25) is 4.98 Å². The molecule has 1 atom stereocenters. The Balaban J connectivity index is 0.000000567. The van der Waals surface area contributed by atoms with Gasteiger partial charge in [0.2, 0.25) is 11.7 Å². The lowest BCUT2D eigenvalue weighted by molar-refractivity contribution is 0.398. The van der Waals surface area contributed by atoms with Gasteiger partial charge in [0.1, 0.15) is 11.2 Å². The summed E-state index contributed by atoms with van der Waals surface area (Å²) in [5.74, 6) is 2.76. The second-order valence-electron chi connectivity index (χ2n) is 11.3. The van der Waals surface area contributed by atoms with Gasteiger partial charge in [-0.2, -0.15) is 0 Å². The number of hydrogen-bond acceptors (Lipinski definition) is 6. The first-order chi connectivity index (χ1) is 21.9. The quantitative estimate of drug-likeness (QED) is 0.142. The van der Waals surface area contributed by atoms with Crippen LogP contribution in [0.25, 0.3) is 17.0 Å². The van der Waals surface area contributed by atoms with Crippen molar-refractivity contribution < 1.29 is 4.74 Å². The molecule has 0 bridgehead atoms. The number of pyridine rings is 2. The molecule has 7 nitrogen and oxygen atoms in total. The molecule has 0 saturated heterocycles. The molecular formula is C38H62N6O. The molecular weight excluding hydrogens is 556 g/mol. The van der Waals surface area contributed by atoms with E-state index in [1.165, 1.54) is 63.4 Å². The Labute approximate surface area is 274 Å². The lowest BCUT2D eigenvalue weighted by Crippen LogP contribution is -2.05. The number of hydrogen-bond donors (Lipinski definition) is 1. The molecule has 4 rings (SSSR count). The lowest BCUT2D eigenvalue weighted by Gasteiger charge is -2.11. The molecule has 250 valence electrons. The van der Waals surface area contributed by atoms with E-state index in [1.54, 1.807) is 13.3 Å². The predicted octanol–water partition coefficient (Wildman–Crippen LogP) is 11.4. The van der Waals surface area contributed by atoms with Gasteiger partial charge in [-0.1, -0.05) is 119 Å². The van der Waals surface area contributed by atoms with Crippen molar-refractivity contribution in [1.29, 1.82) is 0 Å². The van der Waals surface area contributed by atoms with Crippen LogP contribution in [0, 0.1) is 12.8 Å². The molecule has 0 radical (unpaired) electrons. The number of nitrogens with one attached hydrogen (secondary N) is 1. The van der Waals surface area contributed by atoms with Crippen molar-refractivity contribution in [1.82, 2.24) is 24.6 Å². The van der Waals surface area contributed by atoms with Crippen molar-refractivity contribution in [2.45, 2.75) is 133 Å². The maximum atomic E-state index is 5.27. The van der Waals surface area contributed by atoms with Gasteiger partial charge in [0.15, 0.2) is 5.82 Å². The molecule has 45 heavy (non-hydrogen) atoms. The lowest BCUT2D eigenvalue weighted by atomic mass is 10.0. The molecule has 0 fully saturated rings. The summed E-state index contributed by atoms with van der Waals surface area (Å²) in [6.07, 6.45) is 19.9. The highest BCUT2D eigenvalue weighted by Crippen LogP contribution is 2.27. The van der Waals surface area contributed by atoms with Gasteiger partial charge >= 0.3 is 0 Å². The molecule has 0 aliphatic heterocycles. The van der Waals surface area contributed by atoms with Gasteiger partial charge in [0.25, 0.3) is 0 Å². The molecule has 1 N–H and O–H groups in total. The monoisotopic (exact) mass is 618 g/mol. The Kier molecular flexibility index (Phi) is 21.0. The van der Waals surface area contributed by atoms with Gasteiger partial charge in [-0.05, 0) is 55.0 Å². The van der Waals surface area contributed by atoms with Crippen molar-refractivity contribution >= 4 is 17.0 Å². The molecule has 0 aromatic carbocycles. The topological polar surface area (TPSA) is 77.2 Å². The van der Waals surface area contributed by atoms with Crippen LogP contribution in [0.1, 0.15) is 131 Å². The maximum Gasteiger partial charge on any atom is 0.213 e. The molecule has 4 aromatic heterocycles. The number of rotatable bonds is 14. The van der Waals surface area contributed by atoms with Crippen LogP contribution in [0.4, 0.5) is 11.5 Å². The smallest absolute Gasteiger partial charge is 0.213 e. The Morgan fingerprint density at radius 3 is 2.22 bits per heavy atom. The van der Waals surface area contributed by atoms with Gasteiger partial charge in [0.05, 0.1) is 7.11 Å². The zero-order chi connectivity index (χ0) is 33.5. The van der Waals surface area contributed by atoms with E-state index in [9.17, 15) is 0 Å². The number of fused-ring (bicyclic) bond motifs is 1. The van der Waals surface area contributed by atoms with E-state index < -0.39 is 0 Å². The fourth-order valence-corrected chi connectivity index (χ4v) is 4.31. The van der Waals surface area contributed by atoms with Gasteiger partial charge < -0.3 is 10.1 Å². The summed E-state index contributed by atoms with van der Waals surface area (Å²) < 4.78 is 7.16. The van der Waals surface area contributed by atoms with Crippen LogP contribution >= 0.6 is 0 Å². The molecule has 0 amide bonds. The fraction of sp³-hybridized carbons (Fsp3) is 0.579. The number of aromatic nitrogens is 5. The SMILES string of the molecule is CC.CCCC.CCCCCC(C)CC.CCCCCc1cc2c(Nc3ccncc3C)nc(-c3cccc(OC)n3)nn2c1. The van der Waals surface area contributed by atoms with Crippen LogP contribution in [0.5, 0.6) is 5.88 Å². The Hall–Kier alpha value is -3.48. The standard InChI is InChI=1S/C23H26N6O.C9H20.C4H10.C2H6/c1-4-5-6-8-17-13-20-23(26-18-11-12-24-14-16(18)2)27-22(28-29(20)15-17)19-9-7-10-21(25-19)30-3;1-4-6-7-8-9(3)5-2;1-3-4-2;1-2/h7,9-15H,4-6,8H2,1-3H3,(H,24,26,27,28);9H,4-8H2,1-3H3;3-4H2,1-2H3;1-2H3. The van der Waals surface area contributed by atoms with Crippen LogP contribution in [-0.2, 0) is 6.42 Å². The van der Waals surface area contributed by atoms with Crippen LogP contribution in [-0.4, -0.2) is 31.7 Å². The second-order valence-corrected chi connectivity index (χ2v) is 11.3. The van der Waals surface area contributed by atoms with Crippen molar-refractivity contribution in [3.63, 3.8) is 0 Å². The summed E-state index contributed by atoms with van der Waals surface area (Å²) in [6.45, 7) is 19.5. The molecule has 0 saturated carbocycles. The molecule has 1 unspecified atom stereocenters. The first-order valence-electron chi connectivity index (χ1n) is 17.5. The van der Waals surface area contributed by atoms with Crippen molar-refractivity contribution in [3.05, 3.63) is 60.0 Å². The number of anilines is 2. The number of nitrogens with zero attached hydrogens (tertiary/aromatic N) is 5. The number of unbranched alkanes of at least 4 members (excludes halogenated alkanes) is 5. The zero-order valence-electron chi connectivity index (χ0n) is 30.1. The number of ether oxygens (including phenoxy) is 1. The van der Waals surface area contributed by atoms with Crippen LogP contribution in [0.15, 0.2) is 48.9 Å². The van der Waals surface area contributed by atoms with E-state index in [4.69, 9.17) is 14.8 Å². The summed E-state index contributed by atoms with van der Waals surface area (Å²) in [4.78, 5) is 13.5. The van der Waals surface area contributed by atoms with Gasteiger partial charge in [0, 0.05) is 30.3 Å². The van der Waals surface area contributed by atoms with E-state index in [-0.39, 0.29) is 0 Å². The molecule has 0 spiro atoms. The van der Waals surface area contributed by atoms with E-state index in [0.29, 0.717) is 17.4 Å². The van der Waals surface area contributed by atoms with E-state index >= 15 is 0 Å². The average Bonchev–Trinajstić information content (AvgIpc) is 3.50. The Morgan fingerprint density at radius 1 is 0.889 bits per heavy atom. The van der Waals surface area contributed by atoms with Gasteiger partial charge in [-0.25, -0.2) is 14.5 Å². The fourth-order valence-electron chi connectivity index (χ4n) is 4.31. The van der Waals surface area contributed by atoms with Crippen LogP contribution in [0.3, 0.4) is 0 Å². The van der Waals surface area contributed by atoms with Crippen molar-refractivity contribution in [2.24, 2.45) is 5.92 Å². The first kappa shape index (κ1) is 39.5. The Bertz CT molecular complexity index is 1320. The van der Waals surface area contributed by atoms with E-state index in [1.807, 2.05) is 55.7 Å². The maximum absolute atomic E-state index is 5.27.